The quantitative estimate of drug-likeness (QED) is 0.585. The highest BCUT2D eigenvalue weighted by Gasteiger charge is 2.11. The Labute approximate surface area is 143 Å². The van der Waals surface area contributed by atoms with Gasteiger partial charge in [-0.1, -0.05) is 6.92 Å². The predicted octanol–water partition coefficient (Wildman–Crippen LogP) is 2.80. The SMILES string of the molecule is CC(CNc1ccc2nnc(-c3ccsc3)n2n1)Cn1cccn1. The largest absolute Gasteiger partial charge is 0.368 e. The molecule has 0 radical (unpaired) electrons. The first-order valence-corrected chi connectivity index (χ1v) is 8.70. The monoisotopic (exact) mass is 339 g/mol. The molecule has 122 valence electrons. The molecule has 0 aliphatic heterocycles. The molecule has 0 aromatic carbocycles. The number of fused-ring (bicyclic) bond motifs is 1. The molecule has 4 aromatic rings. The van der Waals surface area contributed by atoms with Gasteiger partial charge in [0.05, 0.1) is 0 Å². The van der Waals surface area contributed by atoms with Crippen LogP contribution >= 0.6 is 11.3 Å². The molecule has 0 saturated heterocycles. The van der Waals surface area contributed by atoms with Crippen molar-refractivity contribution in [2.24, 2.45) is 5.92 Å². The number of nitrogens with zero attached hydrogens (tertiary/aromatic N) is 6. The van der Waals surface area contributed by atoms with E-state index in [2.05, 4.69) is 32.6 Å². The molecular weight excluding hydrogens is 322 g/mol. The molecule has 0 spiro atoms. The summed E-state index contributed by atoms with van der Waals surface area (Å²) in [7, 11) is 0. The lowest BCUT2D eigenvalue weighted by Crippen LogP contribution is -2.18. The maximum atomic E-state index is 4.62. The van der Waals surface area contributed by atoms with Gasteiger partial charge < -0.3 is 5.32 Å². The molecule has 0 fully saturated rings. The van der Waals surface area contributed by atoms with Gasteiger partial charge in [0.2, 0.25) is 0 Å². The van der Waals surface area contributed by atoms with E-state index in [9.17, 15) is 0 Å². The van der Waals surface area contributed by atoms with Crippen LogP contribution in [0, 0.1) is 5.92 Å². The van der Waals surface area contributed by atoms with Crippen LogP contribution in [0.3, 0.4) is 0 Å². The summed E-state index contributed by atoms with van der Waals surface area (Å²) >= 11 is 1.63. The molecule has 7 nitrogen and oxygen atoms in total. The predicted molar refractivity (Wildman–Crippen MR) is 94.0 cm³/mol. The Kier molecular flexibility index (Phi) is 3.96. The fraction of sp³-hybridized carbons (Fsp3) is 0.250. The number of hydrogen-bond acceptors (Lipinski definition) is 6. The third-order valence-electron chi connectivity index (χ3n) is 3.73. The first kappa shape index (κ1) is 14.8. The number of hydrogen-bond donors (Lipinski definition) is 1. The van der Waals surface area contributed by atoms with E-state index in [1.54, 1.807) is 22.0 Å². The highest BCUT2D eigenvalue weighted by Crippen LogP contribution is 2.20. The summed E-state index contributed by atoms with van der Waals surface area (Å²) in [6.07, 6.45) is 3.78. The van der Waals surface area contributed by atoms with Gasteiger partial charge in [0.15, 0.2) is 11.5 Å². The lowest BCUT2D eigenvalue weighted by atomic mass is 10.2. The summed E-state index contributed by atoms with van der Waals surface area (Å²) in [5, 5.41) is 24.7. The zero-order chi connectivity index (χ0) is 16.4. The van der Waals surface area contributed by atoms with Crippen molar-refractivity contribution in [3.05, 3.63) is 47.4 Å². The fourth-order valence-electron chi connectivity index (χ4n) is 2.53. The summed E-state index contributed by atoms with van der Waals surface area (Å²) in [6, 6.07) is 7.82. The van der Waals surface area contributed by atoms with Gasteiger partial charge >= 0.3 is 0 Å². The molecule has 1 N–H and O–H groups in total. The Morgan fingerprint density at radius 3 is 3.00 bits per heavy atom. The van der Waals surface area contributed by atoms with Crippen molar-refractivity contribution in [1.29, 1.82) is 0 Å². The average molecular weight is 339 g/mol. The number of aromatic nitrogens is 6. The second-order valence-corrected chi connectivity index (χ2v) is 6.52. The second-order valence-electron chi connectivity index (χ2n) is 5.74. The van der Waals surface area contributed by atoms with Gasteiger partial charge in [-0.2, -0.15) is 21.0 Å². The van der Waals surface area contributed by atoms with Crippen LogP contribution < -0.4 is 5.32 Å². The van der Waals surface area contributed by atoms with E-state index < -0.39 is 0 Å². The number of nitrogens with one attached hydrogen (secondary N) is 1. The molecule has 0 aliphatic rings. The topological polar surface area (TPSA) is 72.9 Å². The first-order valence-electron chi connectivity index (χ1n) is 7.76. The van der Waals surface area contributed by atoms with Gasteiger partial charge in [0, 0.05) is 36.4 Å². The lowest BCUT2D eigenvalue weighted by Gasteiger charge is -2.13. The standard InChI is InChI=1S/C16H17N7S/c1-12(10-22-7-2-6-18-22)9-17-14-3-4-15-19-20-16(23(15)21-14)13-5-8-24-11-13/h2-8,11-12H,9-10H2,1H3,(H,17,21). The zero-order valence-electron chi connectivity index (χ0n) is 13.2. The highest BCUT2D eigenvalue weighted by molar-refractivity contribution is 7.08. The number of rotatable bonds is 6. The summed E-state index contributed by atoms with van der Waals surface area (Å²) in [4.78, 5) is 0. The molecule has 4 heterocycles. The van der Waals surface area contributed by atoms with E-state index in [0.29, 0.717) is 5.92 Å². The summed E-state index contributed by atoms with van der Waals surface area (Å²) in [5.41, 5.74) is 1.77. The van der Waals surface area contributed by atoms with Gasteiger partial charge in [-0.05, 0) is 35.6 Å². The fourth-order valence-corrected chi connectivity index (χ4v) is 3.16. The van der Waals surface area contributed by atoms with Crippen LogP contribution in [0.1, 0.15) is 6.92 Å². The first-order chi connectivity index (χ1) is 11.8. The van der Waals surface area contributed by atoms with Crippen molar-refractivity contribution in [2.45, 2.75) is 13.5 Å². The van der Waals surface area contributed by atoms with Crippen molar-refractivity contribution >= 4 is 22.8 Å². The van der Waals surface area contributed by atoms with E-state index in [1.165, 1.54) is 0 Å². The number of anilines is 1. The van der Waals surface area contributed by atoms with Crippen LogP contribution in [-0.2, 0) is 6.54 Å². The third kappa shape index (κ3) is 3.00. The maximum absolute atomic E-state index is 4.62. The molecule has 0 aliphatic carbocycles. The molecule has 1 unspecified atom stereocenters. The summed E-state index contributed by atoms with van der Waals surface area (Å²) < 4.78 is 3.72. The van der Waals surface area contributed by atoms with E-state index >= 15 is 0 Å². The van der Waals surface area contributed by atoms with Gasteiger partial charge in [-0.3, -0.25) is 4.68 Å². The second kappa shape index (κ2) is 6.40. The molecule has 0 saturated carbocycles. The van der Waals surface area contributed by atoms with Crippen LogP contribution in [0.5, 0.6) is 0 Å². The van der Waals surface area contributed by atoms with Crippen LogP contribution in [0.15, 0.2) is 47.4 Å². The third-order valence-corrected chi connectivity index (χ3v) is 4.41. The Morgan fingerprint density at radius 1 is 1.25 bits per heavy atom. The molecule has 4 aromatic heterocycles. The minimum absolute atomic E-state index is 0.430. The smallest absolute Gasteiger partial charge is 0.186 e. The molecule has 4 rings (SSSR count). The molecule has 0 bridgehead atoms. The van der Waals surface area contributed by atoms with Crippen molar-refractivity contribution in [3.63, 3.8) is 0 Å². The molecular formula is C16H17N7S. The van der Waals surface area contributed by atoms with Gasteiger partial charge in [0.25, 0.3) is 0 Å². The molecule has 0 amide bonds. The van der Waals surface area contributed by atoms with Crippen molar-refractivity contribution in [1.82, 2.24) is 29.6 Å². The van der Waals surface area contributed by atoms with Gasteiger partial charge in [-0.25, -0.2) is 0 Å². The Balaban J connectivity index is 1.49. The summed E-state index contributed by atoms with van der Waals surface area (Å²) in [5.74, 6) is 2.00. The normalized spacial score (nSPS) is 12.5. The van der Waals surface area contributed by atoms with E-state index in [-0.39, 0.29) is 0 Å². The van der Waals surface area contributed by atoms with E-state index in [1.807, 2.05) is 45.9 Å². The average Bonchev–Trinajstić information content (AvgIpc) is 3.33. The van der Waals surface area contributed by atoms with Gasteiger partial charge in [0.1, 0.15) is 5.82 Å². The molecule has 8 heteroatoms. The number of thiophene rings is 1. The molecule has 24 heavy (non-hydrogen) atoms. The van der Waals surface area contributed by atoms with Crippen LogP contribution in [-0.4, -0.2) is 36.1 Å². The lowest BCUT2D eigenvalue weighted by molar-refractivity contribution is 0.467. The maximum Gasteiger partial charge on any atom is 0.186 e. The molecule has 1 atom stereocenters. The minimum Gasteiger partial charge on any atom is -0.368 e. The summed E-state index contributed by atoms with van der Waals surface area (Å²) in [6.45, 7) is 3.87. The van der Waals surface area contributed by atoms with E-state index in [0.717, 1.165) is 35.9 Å². The highest BCUT2D eigenvalue weighted by atomic mass is 32.1. The Hall–Kier alpha value is -2.74. The zero-order valence-corrected chi connectivity index (χ0v) is 14.0. The van der Waals surface area contributed by atoms with Crippen molar-refractivity contribution in [2.75, 3.05) is 11.9 Å². The van der Waals surface area contributed by atoms with E-state index in [4.69, 9.17) is 0 Å². The Morgan fingerprint density at radius 2 is 2.21 bits per heavy atom. The van der Waals surface area contributed by atoms with Crippen LogP contribution in [0.2, 0.25) is 0 Å². The van der Waals surface area contributed by atoms with Crippen LogP contribution in [0.4, 0.5) is 5.82 Å². The minimum atomic E-state index is 0.430. The van der Waals surface area contributed by atoms with Gasteiger partial charge in [-0.15, -0.1) is 15.3 Å². The van der Waals surface area contributed by atoms with Crippen molar-refractivity contribution in [3.8, 4) is 11.4 Å². The Bertz CT molecular complexity index is 911. The van der Waals surface area contributed by atoms with Crippen molar-refractivity contribution < 1.29 is 0 Å². The van der Waals surface area contributed by atoms with Crippen LogP contribution in [0.25, 0.3) is 17.0 Å².